The summed E-state index contributed by atoms with van der Waals surface area (Å²) in [6.07, 6.45) is 1.65. The van der Waals surface area contributed by atoms with Crippen LogP contribution in [0.3, 0.4) is 0 Å². The van der Waals surface area contributed by atoms with Gasteiger partial charge in [-0.25, -0.2) is 17.6 Å². The summed E-state index contributed by atoms with van der Waals surface area (Å²) in [6, 6.07) is 11.3. The molecule has 0 radical (unpaired) electrons. The molecule has 0 saturated heterocycles. The van der Waals surface area contributed by atoms with E-state index in [1.807, 2.05) is 22.6 Å². The highest BCUT2D eigenvalue weighted by atomic mass is 127. The fourth-order valence-electron chi connectivity index (χ4n) is 4.55. The molecular weight excluding hydrogens is 624 g/mol. The second-order valence-electron chi connectivity index (χ2n) is 9.30. The van der Waals surface area contributed by atoms with Gasteiger partial charge in [-0.1, -0.05) is 12.1 Å². The van der Waals surface area contributed by atoms with Gasteiger partial charge >= 0.3 is 5.63 Å². The number of fused-ring (bicyclic) bond motifs is 1. The zero-order valence-corrected chi connectivity index (χ0v) is 23.9. The maximum absolute atomic E-state index is 14.8. The van der Waals surface area contributed by atoms with Crippen LogP contribution in [0, 0.1) is 23.2 Å². The zero-order valence-electron chi connectivity index (χ0n) is 20.9. The molecule has 5 rings (SSSR count). The van der Waals surface area contributed by atoms with Crippen LogP contribution in [0.2, 0.25) is 0 Å². The van der Waals surface area contributed by atoms with Crippen LogP contribution in [0.4, 0.5) is 21.5 Å². The summed E-state index contributed by atoms with van der Waals surface area (Å²) in [5.41, 5.74) is 1.50. The highest BCUT2D eigenvalue weighted by molar-refractivity contribution is 14.1. The first-order valence-corrected chi connectivity index (χ1v) is 14.8. The van der Waals surface area contributed by atoms with Gasteiger partial charge < -0.3 is 14.3 Å². The molecular formula is C27H25FIN3O5S. The van der Waals surface area contributed by atoms with E-state index in [0.29, 0.717) is 26.1 Å². The second kappa shape index (κ2) is 9.84. The number of nitrogens with one attached hydrogen (secondary N) is 2. The summed E-state index contributed by atoms with van der Waals surface area (Å²) in [7, 11) is -3.53. The molecule has 0 atom stereocenters. The molecule has 11 heteroatoms. The molecule has 0 bridgehead atoms. The number of nitrogens with zero attached hydrogens (tertiary/aromatic N) is 1. The Labute approximate surface area is 232 Å². The van der Waals surface area contributed by atoms with Crippen molar-refractivity contribution in [2.24, 2.45) is 0 Å². The molecule has 2 heterocycles. The minimum atomic E-state index is -3.53. The molecule has 0 amide bonds. The minimum absolute atomic E-state index is 0.0115. The standard InChI is InChI=1S/C27H25FIN3O5S/c1-4-38(35,36)31-18-7-5-6-16(12-18)22-15(3)32(19-9-10-19)26(33)23-24(14(2)27(34)37-25(22)23)30-21-11-8-17(29)13-20(21)28/h5-8,11-13,19,30-31H,4,9-10H2,1-3H3. The Hall–Kier alpha value is -3.19. The van der Waals surface area contributed by atoms with E-state index in [9.17, 15) is 22.4 Å². The highest BCUT2D eigenvalue weighted by Gasteiger charge is 2.31. The van der Waals surface area contributed by atoms with E-state index >= 15 is 0 Å². The molecule has 1 aliphatic carbocycles. The number of aromatic nitrogens is 1. The van der Waals surface area contributed by atoms with Crippen molar-refractivity contribution in [3.63, 3.8) is 0 Å². The number of hydrogen-bond acceptors (Lipinski definition) is 6. The third-order valence-corrected chi connectivity index (χ3v) is 8.62. The fourth-order valence-corrected chi connectivity index (χ4v) is 5.63. The summed E-state index contributed by atoms with van der Waals surface area (Å²) in [6.45, 7) is 4.85. The first-order valence-electron chi connectivity index (χ1n) is 12.1. The lowest BCUT2D eigenvalue weighted by Crippen LogP contribution is -2.25. The zero-order chi connectivity index (χ0) is 27.4. The molecule has 0 aliphatic heterocycles. The molecule has 1 fully saturated rings. The van der Waals surface area contributed by atoms with E-state index in [2.05, 4.69) is 10.0 Å². The molecule has 38 heavy (non-hydrogen) atoms. The smallest absolute Gasteiger partial charge is 0.341 e. The van der Waals surface area contributed by atoms with E-state index in [1.54, 1.807) is 47.9 Å². The molecule has 198 valence electrons. The molecule has 8 nitrogen and oxygen atoms in total. The topological polar surface area (TPSA) is 110 Å². The Morgan fingerprint density at radius 1 is 1.13 bits per heavy atom. The van der Waals surface area contributed by atoms with Gasteiger partial charge in [0.25, 0.3) is 5.56 Å². The van der Waals surface area contributed by atoms with Crippen molar-refractivity contribution in [3.05, 3.63) is 83.9 Å². The van der Waals surface area contributed by atoms with Gasteiger partial charge in [0.15, 0.2) is 5.58 Å². The van der Waals surface area contributed by atoms with Crippen LogP contribution in [0.1, 0.15) is 37.1 Å². The van der Waals surface area contributed by atoms with E-state index in [1.165, 1.54) is 19.9 Å². The van der Waals surface area contributed by atoms with E-state index < -0.39 is 21.5 Å². The molecule has 2 N–H and O–H groups in total. The van der Waals surface area contributed by atoms with Gasteiger partial charge in [-0.3, -0.25) is 9.52 Å². The first kappa shape index (κ1) is 26.4. The number of halogens is 2. The summed E-state index contributed by atoms with van der Waals surface area (Å²) >= 11 is 2.00. The number of anilines is 3. The van der Waals surface area contributed by atoms with Crippen molar-refractivity contribution >= 4 is 60.6 Å². The van der Waals surface area contributed by atoms with Crippen LogP contribution in [0.5, 0.6) is 0 Å². The maximum Gasteiger partial charge on any atom is 0.341 e. The van der Waals surface area contributed by atoms with Gasteiger partial charge in [0, 0.05) is 26.6 Å². The predicted molar refractivity (Wildman–Crippen MR) is 155 cm³/mol. The molecule has 2 aromatic heterocycles. The quantitative estimate of drug-likeness (QED) is 0.244. The summed E-state index contributed by atoms with van der Waals surface area (Å²) in [4.78, 5) is 26.9. The normalized spacial score (nSPS) is 13.6. The van der Waals surface area contributed by atoms with E-state index in [-0.39, 0.29) is 45.3 Å². The lowest BCUT2D eigenvalue weighted by Gasteiger charge is -2.20. The van der Waals surface area contributed by atoms with Crippen molar-refractivity contribution < 1.29 is 17.2 Å². The second-order valence-corrected chi connectivity index (χ2v) is 12.6. The number of hydrogen-bond donors (Lipinski definition) is 2. The van der Waals surface area contributed by atoms with Crippen LogP contribution in [-0.2, 0) is 10.0 Å². The third-order valence-electron chi connectivity index (χ3n) is 6.64. The minimum Gasteiger partial charge on any atom is -0.421 e. The summed E-state index contributed by atoms with van der Waals surface area (Å²) in [5, 5.41) is 3.12. The van der Waals surface area contributed by atoms with Gasteiger partial charge in [-0.05, 0) is 92.1 Å². The molecule has 1 saturated carbocycles. The van der Waals surface area contributed by atoms with Gasteiger partial charge in [0.1, 0.15) is 11.2 Å². The van der Waals surface area contributed by atoms with Crippen LogP contribution >= 0.6 is 22.6 Å². The molecule has 4 aromatic rings. The Morgan fingerprint density at radius 2 is 1.87 bits per heavy atom. The molecule has 0 spiro atoms. The Bertz CT molecular complexity index is 1830. The van der Waals surface area contributed by atoms with Crippen molar-refractivity contribution in [2.45, 2.75) is 39.7 Å². The third kappa shape index (κ3) is 4.84. The summed E-state index contributed by atoms with van der Waals surface area (Å²) < 4.78 is 49.8. The Balaban J connectivity index is 1.82. The average Bonchev–Trinajstić information content (AvgIpc) is 3.68. The average molecular weight is 649 g/mol. The van der Waals surface area contributed by atoms with E-state index in [4.69, 9.17) is 4.42 Å². The molecule has 1 aliphatic rings. The monoisotopic (exact) mass is 649 g/mol. The van der Waals surface area contributed by atoms with Crippen LogP contribution in [0.25, 0.3) is 22.1 Å². The lowest BCUT2D eigenvalue weighted by molar-refractivity contribution is 0.553. The largest absolute Gasteiger partial charge is 0.421 e. The van der Waals surface area contributed by atoms with Crippen molar-refractivity contribution in [2.75, 3.05) is 15.8 Å². The number of pyridine rings is 1. The van der Waals surface area contributed by atoms with Crippen LogP contribution < -0.4 is 21.2 Å². The van der Waals surface area contributed by atoms with Crippen LogP contribution in [0.15, 0.2) is 56.5 Å². The Kier molecular flexibility index (Phi) is 6.84. The van der Waals surface area contributed by atoms with E-state index in [0.717, 1.165) is 12.8 Å². The first-order chi connectivity index (χ1) is 18.0. The molecule has 2 aromatic carbocycles. The predicted octanol–water partition coefficient (Wildman–Crippen LogP) is 5.82. The maximum atomic E-state index is 14.8. The fraction of sp³-hybridized carbons (Fsp3) is 0.259. The van der Waals surface area contributed by atoms with Gasteiger partial charge in [0.2, 0.25) is 10.0 Å². The Morgan fingerprint density at radius 3 is 2.53 bits per heavy atom. The highest BCUT2D eigenvalue weighted by Crippen LogP contribution is 2.41. The van der Waals surface area contributed by atoms with Gasteiger partial charge in [-0.15, -0.1) is 0 Å². The van der Waals surface area contributed by atoms with Crippen molar-refractivity contribution in [3.8, 4) is 11.1 Å². The number of rotatable bonds is 7. The van der Waals surface area contributed by atoms with Gasteiger partial charge in [-0.2, -0.15) is 0 Å². The molecule has 0 unspecified atom stereocenters. The van der Waals surface area contributed by atoms with Crippen LogP contribution in [-0.4, -0.2) is 18.7 Å². The van der Waals surface area contributed by atoms with Crippen molar-refractivity contribution in [1.29, 1.82) is 0 Å². The SMILES string of the molecule is CCS(=O)(=O)Nc1cccc(-c2c(C)n(C3CC3)c(=O)c3c(Nc4ccc(I)cc4F)c(C)c(=O)oc23)c1. The van der Waals surface area contributed by atoms with Crippen molar-refractivity contribution in [1.82, 2.24) is 4.57 Å². The number of sulfonamides is 1. The lowest BCUT2D eigenvalue weighted by atomic mass is 9.99. The van der Waals surface area contributed by atoms with Gasteiger partial charge in [0.05, 0.1) is 22.7 Å². The number of benzene rings is 2. The summed E-state index contributed by atoms with van der Waals surface area (Å²) in [5.74, 6) is -0.618.